The fourth-order valence-corrected chi connectivity index (χ4v) is 2.91. The number of alkyl halides is 1. The fraction of sp³-hybridized carbons (Fsp3) is 0.455. The maximum atomic E-state index is 13.4. The summed E-state index contributed by atoms with van der Waals surface area (Å²) < 4.78 is 13.4. The van der Waals surface area contributed by atoms with Gasteiger partial charge in [0, 0.05) is 4.83 Å². The predicted molar refractivity (Wildman–Crippen MR) is 55.7 cm³/mol. The Hall–Kier alpha value is -0.370. The smallest absolute Gasteiger partial charge is 0.126 e. The molecule has 2 rings (SSSR count). The first-order valence-electron chi connectivity index (χ1n) is 4.67. The Morgan fingerprint density at radius 2 is 2.00 bits per heavy atom. The second-order valence-corrected chi connectivity index (χ2v) is 4.75. The molecule has 1 aliphatic carbocycles. The number of halogens is 2. The normalized spacial score (nSPS) is 27.8. The van der Waals surface area contributed by atoms with Gasteiger partial charge in [-0.15, -0.1) is 0 Å². The average Bonchev–Trinajstić information content (AvgIpc) is 2.52. The Labute approximate surface area is 86.3 Å². The van der Waals surface area contributed by atoms with Crippen LogP contribution in [0, 0.1) is 5.82 Å². The molecule has 1 aromatic carbocycles. The Morgan fingerprint density at radius 3 is 2.62 bits per heavy atom. The molecule has 0 N–H and O–H groups in total. The molecular weight excluding hydrogens is 231 g/mol. The first-order chi connectivity index (χ1) is 6.29. The zero-order chi connectivity index (χ0) is 9.26. The van der Waals surface area contributed by atoms with E-state index in [9.17, 15) is 4.39 Å². The van der Waals surface area contributed by atoms with Crippen LogP contribution in [0.3, 0.4) is 0 Å². The van der Waals surface area contributed by atoms with E-state index < -0.39 is 0 Å². The minimum atomic E-state index is -0.0566. The van der Waals surface area contributed by atoms with Crippen molar-refractivity contribution in [2.24, 2.45) is 0 Å². The van der Waals surface area contributed by atoms with Gasteiger partial charge >= 0.3 is 0 Å². The molecule has 2 atom stereocenters. The van der Waals surface area contributed by atoms with E-state index in [0.717, 1.165) is 12.0 Å². The Morgan fingerprint density at radius 1 is 1.23 bits per heavy atom. The van der Waals surface area contributed by atoms with Gasteiger partial charge in [-0.25, -0.2) is 4.39 Å². The van der Waals surface area contributed by atoms with Crippen molar-refractivity contribution in [3.8, 4) is 0 Å². The molecule has 0 aromatic heterocycles. The topological polar surface area (TPSA) is 0 Å². The van der Waals surface area contributed by atoms with Crippen molar-refractivity contribution < 1.29 is 4.39 Å². The highest BCUT2D eigenvalue weighted by Gasteiger charge is 2.27. The Kier molecular flexibility index (Phi) is 2.68. The van der Waals surface area contributed by atoms with Crippen molar-refractivity contribution >= 4 is 15.9 Å². The summed E-state index contributed by atoms with van der Waals surface area (Å²) in [5.41, 5.74) is 0.877. The minimum absolute atomic E-state index is 0.0566. The van der Waals surface area contributed by atoms with Crippen LogP contribution in [0.2, 0.25) is 0 Å². The van der Waals surface area contributed by atoms with E-state index in [1.807, 2.05) is 12.1 Å². The third-order valence-electron chi connectivity index (χ3n) is 2.74. The SMILES string of the molecule is Fc1ccccc1C1CCCC1Br. The predicted octanol–water partition coefficient (Wildman–Crippen LogP) is 3.86. The maximum absolute atomic E-state index is 13.4. The van der Waals surface area contributed by atoms with Gasteiger partial charge in [0.1, 0.15) is 5.82 Å². The van der Waals surface area contributed by atoms with E-state index in [2.05, 4.69) is 15.9 Å². The van der Waals surface area contributed by atoms with Crippen LogP contribution >= 0.6 is 15.9 Å². The van der Waals surface area contributed by atoms with Gasteiger partial charge in [-0.3, -0.25) is 0 Å². The summed E-state index contributed by atoms with van der Waals surface area (Å²) in [6.07, 6.45) is 3.48. The number of benzene rings is 1. The van der Waals surface area contributed by atoms with Crippen molar-refractivity contribution in [2.45, 2.75) is 30.0 Å². The molecule has 70 valence electrons. The first-order valence-corrected chi connectivity index (χ1v) is 5.59. The number of hydrogen-bond donors (Lipinski definition) is 0. The van der Waals surface area contributed by atoms with E-state index in [0.29, 0.717) is 10.7 Å². The molecule has 1 aromatic rings. The molecule has 0 aliphatic heterocycles. The van der Waals surface area contributed by atoms with Gasteiger partial charge in [-0.1, -0.05) is 40.5 Å². The molecule has 1 saturated carbocycles. The van der Waals surface area contributed by atoms with Gasteiger partial charge in [0.05, 0.1) is 0 Å². The second-order valence-electron chi connectivity index (χ2n) is 3.57. The lowest BCUT2D eigenvalue weighted by molar-refractivity contribution is 0.584. The van der Waals surface area contributed by atoms with Gasteiger partial charge in [0.25, 0.3) is 0 Å². The van der Waals surface area contributed by atoms with Gasteiger partial charge < -0.3 is 0 Å². The molecule has 2 unspecified atom stereocenters. The summed E-state index contributed by atoms with van der Waals surface area (Å²) in [5.74, 6) is 0.319. The van der Waals surface area contributed by atoms with Crippen LogP contribution in [-0.2, 0) is 0 Å². The molecule has 0 amide bonds. The number of rotatable bonds is 1. The summed E-state index contributed by atoms with van der Waals surface area (Å²) in [5, 5.41) is 0. The van der Waals surface area contributed by atoms with Crippen molar-refractivity contribution in [3.63, 3.8) is 0 Å². The molecule has 0 heterocycles. The molecule has 2 heteroatoms. The van der Waals surface area contributed by atoms with E-state index >= 15 is 0 Å². The van der Waals surface area contributed by atoms with E-state index in [-0.39, 0.29) is 5.82 Å². The third-order valence-corrected chi connectivity index (χ3v) is 3.83. The molecule has 0 radical (unpaired) electrons. The summed E-state index contributed by atoms with van der Waals surface area (Å²) >= 11 is 3.61. The summed E-state index contributed by atoms with van der Waals surface area (Å²) in [6, 6.07) is 7.11. The summed E-state index contributed by atoms with van der Waals surface area (Å²) in [4.78, 5) is 0.462. The van der Waals surface area contributed by atoms with Gasteiger partial charge in [-0.05, 0) is 30.4 Å². The minimum Gasteiger partial charge on any atom is -0.207 e. The van der Waals surface area contributed by atoms with Gasteiger partial charge in [-0.2, -0.15) is 0 Å². The lowest BCUT2D eigenvalue weighted by Crippen LogP contribution is -2.06. The van der Waals surface area contributed by atoms with E-state index in [1.165, 1.54) is 12.8 Å². The monoisotopic (exact) mass is 242 g/mol. The van der Waals surface area contributed by atoms with Crippen molar-refractivity contribution in [1.82, 2.24) is 0 Å². The van der Waals surface area contributed by atoms with Crippen LogP contribution in [0.5, 0.6) is 0 Å². The third kappa shape index (κ3) is 1.78. The highest BCUT2D eigenvalue weighted by atomic mass is 79.9. The van der Waals surface area contributed by atoms with E-state index in [4.69, 9.17) is 0 Å². The average molecular weight is 243 g/mol. The first kappa shape index (κ1) is 9.20. The van der Waals surface area contributed by atoms with Crippen molar-refractivity contribution in [2.75, 3.05) is 0 Å². The van der Waals surface area contributed by atoms with Crippen LogP contribution in [0.15, 0.2) is 24.3 Å². The largest absolute Gasteiger partial charge is 0.207 e. The quantitative estimate of drug-likeness (QED) is 0.657. The van der Waals surface area contributed by atoms with Crippen LogP contribution in [0.25, 0.3) is 0 Å². The highest BCUT2D eigenvalue weighted by molar-refractivity contribution is 9.09. The molecule has 0 spiro atoms. The standard InChI is InChI=1S/C11H12BrF/c12-10-6-3-5-8(10)9-4-1-2-7-11(9)13/h1-2,4,7-8,10H,3,5-6H2. The fourth-order valence-electron chi connectivity index (χ4n) is 2.04. The zero-order valence-corrected chi connectivity index (χ0v) is 8.93. The zero-order valence-electron chi connectivity index (χ0n) is 7.34. The van der Waals surface area contributed by atoms with Crippen LogP contribution in [-0.4, -0.2) is 4.83 Å². The lowest BCUT2D eigenvalue weighted by Gasteiger charge is -2.14. The van der Waals surface area contributed by atoms with Crippen molar-refractivity contribution in [3.05, 3.63) is 35.6 Å². The molecular formula is C11H12BrF. The summed E-state index contributed by atoms with van der Waals surface area (Å²) in [6.45, 7) is 0. The maximum Gasteiger partial charge on any atom is 0.126 e. The van der Waals surface area contributed by atoms with Gasteiger partial charge in [0.15, 0.2) is 0 Å². The Balaban J connectivity index is 2.29. The Bertz CT molecular complexity index is 298. The van der Waals surface area contributed by atoms with Crippen LogP contribution < -0.4 is 0 Å². The molecule has 13 heavy (non-hydrogen) atoms. The highest BCUT2D eigenvalue weighted by Crippen LogP contribution is 2.39. The van der Waals surface area contributed by atoms with Crippen LogP contribution in [0.4, 0.5) is 4.39 Å². The molecule has 0 bridgehead atoms. The molecule has 0 saturated heterocycles. The summed E-state index contributed by atoms with van der Waals surface area (Å²) in [7, 11) is 0. The lowest BCUT2D eigenvalue weighted by atomic mass is 9.97. The van der Waals surface area contributed by atoms with Crippen LogP contribution in [0.1, 0.15) is 30.7 Å². The van der Waals surface area contributed by atoms with E-state index in [1.54, 1.807) is 12.1 Å². The molecule has 0 nitrogen and oxygen atoms in total. The molecule has 1 fully saturated rings. The molecule has 1 aliphatic rings. The van der Waals surface area contributed by atoms with Gasteiger partial charge in [0.2, 0.25) is 0 Å². The second kappa shape index (κ2) is 3.79. The number of hydrogen-bond acceptors (Lipinski definition) is 0. The van der Waals surface area contributed by atoms with Crippen molar-refractivity contribution in [1.29, 1.82) is 0 Å².